The average molecular weight is 390 g/mol. The highest BCUT2D eigenvalue weighted by Gasteiger charge is 2.51. The molecule has 0 aromatic heterocycles. The molecule has 1 saturated heterocycles. The zero-order valence-corrected chi connectivity index (χ0v) is 15.8. The third-order valence-electron chi connectivity index (χ3n) is 5.36. The molecule has 3 rings (SSSR count). The van der Waals surface area contributed by atoms with Crippen LogP contribution in [0.15, 0.2) is 24.3 Å². The number of nitrogens with one attached hydrogen (secondary N) is 1. The normalized spacial score (nSPS) is 23.8. The average Bonchev–Trinajstić information content (AvgIpc) is 2.92. The summed E-state index contributed by atoms with van der Waals surface area (Å²) in [6.45, 7) is 2.79. The number of likely N-dealkylation sites (tertiary alicyclic amines) is 1. The van der Waals surface area contributed by atoms with Gasteiger partial charge >= 0.3 is 5.97 Å². The number of amides is 3. The van der Waals surface area contributed by atoms with E-state index in [0.717, 1.165) is 23.8 Å². The molecule has 28 heavy (non-hydrogen) atoms. The lowest BCUT2D eigenvalue weighted by Gasteiger charge is -2.23. The van der Waals surface area contributed by atoms with Gasteiger partial charge in [-0.05, 0) is 44.9 Å². The third kappa shape index (κ3) is 3.90. The van der Waals surface area contributed by atoms with Crippen molar-refractivity contribution in [3.63, 3.8) is 0 Å². The Balaban J connectivity index is 1.61. The Morgan fingerprint density at radius 2 is 1.75 bits per heavy atom. The van der Waals surface area contributed by atoms with Crippen LogP contribution in [-0.4, -0.2) is 40.7 Å². The van der Waals surface area contributed by atoms with Crippen LogP contribution in [0.2, 0.25) is 0 Å². The minimum absolute atomic E-state index is 0.231. The number of anilines is 1. The summed E-state index contributed by atoms with van der Waals surface area (Å²) < 4.78 is 18.3. The van der Waals surface area contributed by atoms with Gasteiger partial charge in [0.25, 0.3) is 5.91 Å². The maximum absolute atomic E-state index is 13.2. The van der Waals surface area contributed by atoms with Gasteiger partial charge in [0.2, 0.25) is 11.8 Å². The van der Waals surface area contributed by atoms with Crippen LogP contribution in [0.4, 0.5) is 10.1 Å². The van der Waals surface area contributed by atoms with E-state index in [4.69, 9.17) is 4.74 Å². The van der Waals surface area contributed by atoms with Gasteiger partial charge in [-0.1, -0.05) is 18.9 Å². The first-order valence-electron chi connectivity index (χ1n) is 9.43. The number of benzene rings is 1. The van der Waals surface area contributed by atoms with Gasteiger partial charge in [0.05, 0.1) is 11.8 Å². The van der Waals surface area contributed by atoms with E-state index < -0.39 is 29.8 Å². The number of hydrogen-bond donors (Lipinski definition) is 1. The van der Waals surface area contributed by atoms with Gasteiger partial charge < -0.3 is 10.1 Å². The molecule has 3 amide bonds. The maximum atomic E-state index is 13.2. The van der Waals surface area contributed by atoms with Gasteiger partial charge in [0.1, 0.15) is 11.9 Å². The topological polar surface area (TPSA) is 92.8 Å². The summed E-state index contributed by atoms with van der Waals surface area (Å²) in [5.41, 5.74) is 0.231. The van der Waals surface area contributed by atoms with Crippen molar-refractivity contribution in [2.75, 3.05) is 5.32 Å². The molecule has 8 heteroatoms. The molecule has 1 aliphatic carbocycles. The molecule has 150 valence electrons. The molecular formula is C20H23FN2O5. The summed E-state index contributed by atoms with van der Waals surface area (Å²) >= 11 is 0. The molecule has 1 heterocycles. The highest BCUT2D eigenvalue weighted by molar-refractivity contribution is 6.08. The fourth-order valence-corrected chi connectivity index (χ4v) is 3.81. The van der Waals surface area contributed by atoms with Crippen molar-refractivity contribution in [2.45, 2.75) is 51.7 Å². The molecule has 4 atom stereocenters. The van der Waals surface area contributed by atoms with Gasteiger partial charge in [-0.25, -0.2) is 9.18 Å². The van der Waals surface area contributed by atoms with Crippen molar-refractivity contribution in [3.8, 4) is 0 Å². The molecule has 0 spiro atoms. The first-order chi connectivity index (χ1) is 13.3. The summed E-state index contributed by atoms with van der Waals surface area (Å²) in [6.07, 6.45) is 1.92. The maximum Gasteiger partial charge on any atom is 0.329 e. The fraction of sp³-hybridized carbons (Fsp3) is 0.500. The Morgan fingerprint density at radius 3 is 2.32 bits per heavy atom. The zero-order chi connectivity index (χ0) is 20.4. The van der Waals surface area contributed by atoms with Gasteiger partial charge in [-0.2, -0.15) is 0 Å². The van der Waals surface area contributed by atoms with Crippen LogP contribution in [0.1, 0.15) is 39.5 Å². The SMILES string of the molecule is C[C@H](OC(=O)[C@H](C)N1C(=O)[C@H]2CCCC[C@H]2C1=O)C(=O)Nc1cccc(F)c1. The molecule has 1 aromatic carbocycles. The largest absolute Gasteiger partial charge is 0.451 e. The van der Waals surface area contributed by atoms with Crippen molar-refractivity contribution in [2.24, 2.45) is 11.8 Å². The number of fused-ring (bicyclic) bond motifs is 1. The number of nitrogens with zero attached hydrogens (tertiary/aromatic N) is 1. The van der Waals surface area contributed by atoms with Crippen LogP contribution in [-0.2, 0) is 23.9 Å². The van der Waals surface area contributed by atoms with E-state index in [1.165, 1.54) is 32.0 Å². The van der Waals surface area contributed by atoms with Crippen molar-refractivity contribution in [1.29, 1.82) is 0 Å². The molecule has 0 radical (unpaired) electrons. The number of carbonyl (C=O) groups is 4. The number of esters is 1. The lowest BCUT2D eigenvalue weighted by molar-refractivity contribution is -0.163. The molecule has 1 saturated carbocycles. The summed E-state index contributed by atoms with van der Waals surface area (Å²) in [4.78, 5) is 50.7. The van der Waals surface area contributed by atoms with Gasteiger partial charge in [0, 0.05) is 5.69 Å². The van der Waals surface area contributed by atoms with Gasteiger partial charge in [-0.3, -0.25) is 19.3 Å². The zero-order valence-electron chi connectivity index (χ0n) is 15.8. The number of rotatable bonds is 5. The molecule has 2 aliphatic rings. The first-order valence-corrected chi connectivity index (χ1v) is 9.43. The van der Waals surface area contributed by atoms with Crippen LogP contribution in [0, 0.1) is 17.7 Å². The van der Waals surface area contributed by atoms with Crippen molar-refractivity contribution >= 4 is 29.4 Å². The smallest absolute Gasteiger partial charge is 0.329 e. The van der Waals surface area contributed by atoms with Crippen molar-refractivity contribution in [1.82, 2.24) is 4.90 Å². The van der Waals surface area contributed by atoms with Crippen LogP contribution >= 0.6 is 0 Å². The second-order valence-corrected chi connectivity index (χ2v) is 7.30. The second kappa shape index (κ2) is 8.08. The van der Waals surface area contributed by atoms with Gasteiger partial charge in [0.15, 0.2) is 6.10 Å². The quantitative estimate of drug-likeness (QED) is 0.615. The molecule has 1 N–H and O–H groups in total. The van der Waals surface area contributed by atoms with E-state index in [-0.39, 0.29) is 29.3 Å². The van der Waals surface area contributed by atoms with Crippen LogP contribution in [0.5, 0.6) is 0 Å². The minimum Gasteiger partial charge on any atom is -0.451 e. The standard InChI is InChI=1S/C20H23FN2O5/c1-11(23-18(25)15-8-3-4-9-16(15)19(23)26)20(27)28-12(2)17(24)22-14-7-5-6-13(21)10-14/h5-7,10-12,15-16H,3-4,8-9H2,1-2H3,(H,22,24)/t11-,12-,15-,16+/m0/s1. The van der Waals surface area contributed by atoms with E-state index in [1.807, 2.05) is 0 Å². The number of halogens is 1. The summed E-state index contributed by atoms with van der Waals surface area (Å²) in [5, 5.41) is 2.45. The number of hydrogen-bond acceptors (Lipinski definition) is 5. The predicted octanol–water partition coefficient (Wildman–Crippen LogP) is 2.26. The molecule has 1 aromatic rings. The Morgan fingerprint density at radius 1 is 1.14 bits per heavy atom. The van der Waals surface area contributed by atoms with Crippen molar-refractivity contribution < 1.29 is 28.3 Å². The fourth-order valence-electron chi connectivity index (χ4n) is 3.81. The van der Waals surface area contributed by atoms with Crippen LogP contribution in [0.3, 0.4) is 0 Å². The predicted molar refractivity (Wildman–Crippen MR) is 97.3 cm³/mol. The van der Waals surface area contributed by atoms with Crippen molar-refractivity contribution in [3.05, 3.63) is 30.1 Å². The number of carbonyl (C=O) groups excluding carboxylic acids is 4. The van der Waals surface area contributed by atoms with Crippen LogP contribution in [0.25, 0.3) is 0 Å². The Kier molecular flexibility index (Phi) is 5.76. The van der Waals surface area contributed by atoms with E-state index in [1.54, 1.807) is 0 Å². The van der Waals surface area contributed by atoms with E-state index >= 15 is 0 Å². The number of ether oxygens (including phenoxy) is 1. The summed E-state index contributed by atoms with van der Waals surface area (Å²) in [6, 6.07) is 4.21. The lowest BCUT2D eigenvalue weighted by atomic mass is 9.81. The van der Waals surface area contributed by atoms with E-state index in [0.29, 0.717) is 12.8 Å². The monoisotopic (exact) mass is 390 g/mol. The minimum atomic E-state index is -1.17. The highest BCUT2D eigenvalue weighted by atomic mass is 19.1. The molecule has 0 bridgehead atoms. The molecular weight excluding hydrogens is 367 g/mol. The highest BCUT2D eigenvalue weighted by Crippen LogP contribution is 2.38. The Labute approximate surface area is 162 Å². The Bertz CT molecular complexity index is 788. The molecule has 1 aliphatic heterocycles. The van der Waals surface area contributed by atoms with E-state index in [2.05, 4.69) is 5.32 Å². The molecule has 7 nitrogen and oxygen atoms in total. The number of imide groups is 1. The first kappa shape index (κ1) is 20.0. The second-order valence-electron chi connectivity index (χ2n) is 7.30. The summed E-state index contributed by atoms with van der Waals surface area (Å²) in [7, 11) is 0. The Hall–Kier alpha value is -2.77. The lowest BCUT2D eigenvalue weighted by Crippen LogP contribution is -2.46. The molecule has 0 unspecified atom stereocenters. The third-order valence-corrected chi connectivity index (χ3v) is 5.36. The summed E-state index contributed by atoms with van der Waals surface area (Å²) in [5.74, 6) is -3.37. The molecule has 2 fully saturated rings. The van der Waals surface area contributed by atoms with Crippen LogP contribution < -0.4 is 5.32 Å². The van der Waals surface area contributed by atoms with E-state index in [9.17, 15) is 23.6 Å². The van der Waals surface area contributed by atoms with Gasteiger partial charge in [-0.15, -0.1) is 0 Å².